The summed E-state index contributed by atoms with van der Waals surface area (Å²) in [5.74, 6) is -0.520. The van der Waals surface area contributed by atoms with Crippen LogP contribution in [0.3, 0.4) is 0 Å². The Morgan fingerprint density at radius 3 is 2.76 bits per heavy atom. The van der Waals surface area contributed by atoms with E-state index in [1.807, 2.05) is 0 Å². The first-order valence-electron chi connectivity index (χ1n) is 5.96. The number of thioether (sulfide) groups is 1. The highest BCUT2D eigenvalue weighted by Crippen LogP contribution is 2.27. The number of amides is 1. The lowest BCUT2D eigenvalue weighted by molar-refractivity contribution is -0.0493. The number of para-hydroxylation sites is 2. The molecule has 0 atom stereocenters. The quantitative estimate of drug-likeness (QED) is 0.856. The SMILES string of the molecule is CSc1ncccc1C(=O)Nc1ccccc1OC(F)F. The van der Waals surface area contributed by atoms with Crippen molar-refractivity contribution in [2.45, 2.75) is 11.6 Å². The van der Waals surface area contributed by atoms with E-state index >= 15 is 0 Å². The zero-order valence-electron chi connectivity index (χ0n) is 11.0. The Morgan fingerprint density at radius 2 is 2.05 bits per heavy atom. The lowest BCUT2D eigenvalue weighted by Crippen LogP contribution is -2.15. The highest BCUT2D eigenvalue weighted by molar-refractivity contribution is 7.98. The average Bonchev–Trinajstić information content (AvgIpc) is 2.48. The van der Waals surface area contributed by atoms with E-state index in [4.69, 9.17) is 0 Å². The van der Waals surface area contributed by atoms with Gasteiger partial charge in [-0.15, -0.1) is 11.8 Å². The molecule has 2 aromatic rings. The number of alkyl halides is 2. The van der Waals surface area contributed by atoms with Gasteiger partial charge in [-0.3, -0.25) is 4.79 Å². The lowest BCUT2D eigenvalue weighted by atomic mass is 10.2. The maximum absolute atomic E-state index is 12.3. The van der Waals surface area contributed by atoms with E-state index in [1.165, 1.54) is 23.9 Å². The fourth-order valence-electron chi connectivity index (χ4n) is 1.68. The van der Waals surface area contributed by atoms with Gasteiger partial charge in [0.25, 0.3) is 5.91 Å². The summed E-state index contributed by atoms with van der Waals surface area (Å²) in [7, 11) is 0. The summed E-state index contributed by atoms with van der Waals surface area (Å²) < 4.78 is 29.0. The maximum atomic E-state index is 12.3. The molecule has 0 aliphatic rings. The molecule has 0 unspecified atom stereocenters. The van der Waals surface area contributed by atoms with E-state index < -0.39 is 12.5 Å². The molecule has 110 valence electrons. The van der Waals surface area contributed by atoms with Crippen molar-refractivity contribution in [1.82, 2.24) is 4.98 Å². The minimum atomic E-state index is -2.96. The van der Waals surface area contributed by atoms with Crippen LogP contribution in [0.25, 0.3) is 0 Å². The van der Waals surface area contributed by atoms with Crippen LogP contribution in [0.5, 0.6) is 5.75 Å². The molecule has 4 nitrogen and oxygen atoms in total. The second kappa shape index (κ2) is 7.03. The van der Waals surface area contributed by atoms with E-state index in [2.05, 4.69) is 15.0 Å². The van der Waals surface area contributed by atoms with Gasteiger partial charge in [-0.25, -0.2) is 4.98 Å². The molecule has 1 heterocycles. The molecule has 0 radical (unpaired) electrons. The molecule has 1 amide bonds. The Balaban J connectivity index is 2.24. The molecule has 1 N–H and O–H groups in total. The van der Waals surface area contributed by atoms with E-state index in [0.29, 0.717) is 10.6 Å². The molecule has 0 spiro atoms. The Kier molecular flexibility index (Phi) is 5.10. The van der Waals surface area contributed by atoms with Gasteiger partial charge in [-0.05, 0) is 30.5 Å². The molecule has 0 saturated carbocycles. The van der Waals surface area contributed by atoms with E-state index in [9.17, 15) is 13.6 Å². The van der Waals surface area contributed by atoms with E-state index in [-0.39, 0.29) is 11.4 Å². The van der Waals surface area contributed by atoms with Crippen LogP contribution < -0.4 is 10.1 Å². The predicted octanol–water partition coefficient (Wildman–Crippen LogP) is 3.66. The largest absolute Gasteiger partial charge is 0.433 e. The monoisotopic (exact) mass is 310 g/mol. The van der Waals surface area contributed by atoms with Crippen molar-refractivity contribution in [3.63, 3.8) is 0 Å². The lowest BCUT2D eigenvalue weighted by Gasteiger charge is -2.12. The molecule has 1 aromatic heterocycles. The molecular formula is C14H12F2N2O2S. The first-order valence-corrected chi connectivity index (χ1v) is 7.18. The third-order valence-corrected chi connectivity index (χ3v) is 3.27. The van der Waals surface area contributed by atoms with Gasteiger partial charge < -0.3 is 10.1 Å². The molecule has 21 heavy (non-hydrogen) atoms. The summed E-state index contributed by atoms with van der Waals surface area (Å²) >= 11 is 1.33. The Labute approximate surface area is 124 Å². The highest BCUT2D eigenvalue weighted by Gasteiger charge is 2.15. The zero-order valence-corrected chi connectivity index (χ0v) is 11.9. The van der Waals surface area contributed by atoms with Crippen LogP contribution in [0.4, 0.5) is 14.5 Å². The van der Waals surface area contributed by atoms with Crippen LogP contribution in [-0.4, -0.2) is 23.8 Å². The summed E-state index contributed by atoms with van der Waals surface area (Å²) in [6.07, 6.45) is 3.38. The average molecular weight is 310 g/mol. The van der Waals surface area contributed by atoms with Crippen LogP contribution in [0, 0.1) is 0 Å². The van der Waals surface area contributed by atoms with Gasteiger partial charge in [0.05, 0.1) is 11.3 Å². The zero-order chi connectivity index (χ0) is 15.2. The number of benzene rings is 1. The van der Waals surface area contributed by atoms with Gasteiger partial charge >= 0.3 is 6.61 Å². The van der Waals surface area contributed by atoms with Crippen LogP contribution in [0.2, 0.25) is 0 Å². The first-order chi connectivity index (χ1) is 10.1. The van der Waals surface area contributed by atoms with Crippen molar-refractivity contribution in [1.29, 1.82) is 0 Å². The summed E-state index contributed by atoms with van der Waals surface area (Å²) in [6.45, 7) is -2.96. The van der Waals surface area contributed by atoms with Crippen molar-refractivity contribution < 1.29 is 18.3 Å². The minimum absolute atomic E-state index is 0.0876. The summed E-state index contributed by atoms with van der Waals surface area (Å²) in [4.78, 5) is 16.3. The number of ether oxygens (including phenoxy) is 1. The molecule has 1 aromatic carbocycles. The van der Waals surface area contributed by atoms with Crippen LogP contribution in [0.1, 0.15) is 10.4 Å². The molecule has 0 saturated heterocycles. The smallest absolute Gasteiger partial charge is 0.387 e. The van der Waals surface area contributed by atoms with E-state index in [1.54, 1.807) is 36.7 Å². The van der Waals surface area contributed by atoms with Crippen molar-refractivity contribution >= 4 is 23.4 Å². The number of anilines is 1. The molecule has 0 aliphatic heterocycles. The molecule has 0 fully saturated rings. The van der Waals surface area contributed by atoms with Crippen LogP contribution in [0.15, 0.2) is 47.6 Å². The van der Waals surface area contributed by atoms with E-state index in [0.717, 1.165) is 0 Å². The maximum Gasteiger partial charge on any atom is 0.387 e. The van der Waals surface area contributed by atoms with Crippen LogP contribution in [-0.2, 0) is 0 Å². The second-order valence-electron chi connectivity index (χ2n) is 3.89. The van der Waals surface area contributed by atoms with Crippen LogP contribution >= 0.6 is 11.8 Å². The highest BCUT2D eigenvalue weighted by atomic mass is 32.2. The normalized spacial score (nSPS) is 10.5. The standard InChI is InChI=1S/C14H12F2N2O2S/c1-21-13-9(5-4-8-17-13)12(19)18-10-6-2-3-7-11(10)20-14(15)16/h2-8,14H,1H3,(H,18,19). The Morgan fingerprint density at radius 1 is 1.29 bits per heavy atom. The third kappa shape index (κ3) is 3.91. The van der Waals surface area contributed by atoms with Gasteiger partial charge in [0.2, 0.25) is 0 Å². The Hall–Kier alpha value is -2.15. The number of rotatable bonds is 5. The number of carbonyl (C=O) groups excluding carboxylic acids is 1. The number of nitrogens with one attached hydrogen (secondary N) is 1. The molecule has 0 aliphatic carbocycles. The molecular weight excluding hydrogens is 298 g/mol. The number of aromatic nitrogens is 1. The number of pyridine rings is 1. The van der Waals surface area contributed by atoms with Crippen molar-refractivity contribution in [3.05, 3.63) is 48.2 Å². The van der Waals surface area contributed by atoms with Gasteiger partial charge in [-0.2, -0.15) is 8.78 Å². The van der Waals surface area contributed by atoms with Gasteiger partial charge in [0.15, 0.2) is 0 Å². The predicted molar refractivity (Wildman–Crippen MR) is 77.0 cm³/mol. The Bertz CT molecular complexity index is 638. The fourth-order valence-corrected chi connectivity index (χ4v) is 2.23. The number of nitrogens with zero attached hydrogens (tertiary/aromatic N) is 1. The number of halogens is 2. The summed E-state index contributed by atoms with van der Waals surface area (Å²) in [5.41, 5.74) is 0.551. The van der Waals surface area contributed by atoms with Crippen molar-refractivity contribution in [2.24, 2.45) is 0 Å². The number of hydrogen-bond donors (Lipinski definition) is 1. The van der Waals surface area contributed by atoms with Gasteiger partial charge in [-0.1, -0.05) is 12.1 Å². The summed E-state index contributed by atoms with van der Waals surface area (Å²) in [6, 6.07) is 9.27. The number of carbonyl (C=O) groups is 1. The van der Waals surface area contributed by atoms with Crippen molar-refractivity contribution in [2.75, 3.05) is 11.6 Å². The minimum Gasteiger partial charge on any atom is -0.433 e. The molecule has 2 rings (SSSR count). The van der Waals surface area contributed by atoms with Crippen molar-refractivity contribution in [3.8, 4) is 5.75 Å². The van der Waals surface area contributed by atoms with Gasteiger partial charge in [0, 0.05) is 6.20 Å². The third-order valence-electron chi connectivity index (χ3n) is 2.56. The first kappa shape index (κ1) is 15.2. The molecule has 0 bridgehead atoms. The van der Waals surface area contributed by atoms with Gasteiger partial charge in [0.1, 0.15) is 10.8 Å². The topological polar surface area (TPSA) is 51.2 Å². The molecule has 7 heteroatoms. The number of hydrogen-bond acceptors (Lipinski definition) is 4. The second-order valence-corrected chi connectivity index (χ2v) is 4.68. The fraction of sp³-hybridized carbons (Fsp3) is 0.143. The summed E-state index contributed by atoms with van der Waals surface area (Å²) in [5, 5.41) is 3.11.